The largest absolute Gasteiger partial charge is 0.494 e. The SMILES string of the molecule is CCOc1ccc(C2=CC3c4cc(Cl)ccc4OC(c4cccc(OC)c4OC)N3N2)cc1. The lowest BCUT2D eigenvalue weighted by Crippen LogP contribution is -2.43. The number of hydrogen-bond acceptors (Lipinski definition) is 6. The molecule has 3 aromatic carbocycles. The van der Waals surface area contributed by atoms with Crippen molar-refractivity contribution in [1.82, 2.24) is 10.4 Å². The fourth-order valence-corrected chi connectivity index (χ4v) is 4.52. The molecule has 170 valence electrons. The minimum absolute atomic E-state index is 0.0880. The number of halogens is 1. The highest BCUT2D eigenvalue weighted by atomic mass is 35.5. The van der Waals surface area contributed by atoms with Gasteiger partial charge in [0.15, 0.2) is 17.7 Å². The lowest BCUT2D eigenvalue weighted by molar-refractivity contribution is -0.0340. The van der Waals surface area contributed by atoms with E-state index in [2.05, 4.69) is 16.5 Å². The average molecular weight is 465 g/mol. The van der Waals surface area contributed by atoms with E-state index in [1.807, 2.05) is 67.6 Å². The Morgan fingerprint density at radius 2 is 1.82 bits per heavy atom. The predicted octanol–water partition coefficient (Wildman–Crippen LogP) is 5.75. The normalized spacial score (nSPS) is 19.0. The second-order valence-corrected chi connectivity index (χ2v) is 8.17. The van der Waals surface area contributed by atoms with Gasteiger partial charge in [-0.3, -0.25) is 0 Å². The molecule has 33 heavy (non-hydrogen) atoms. The van der Waals surface area contributed by atoms with Crippen LogP contribution < -0.4 is 24.4 Å². The van der Waals surface area contributed by atoms with Gasteiger partial charge in [-0.25, -0.2) is 0 Å². The van der Waals surface area contributed by atoms with Crippen molar-refractivity contribution in [2.24, 2.45) is 0 Å². The smallest absolute Gasteiger partial charge is 0.199 e. The summed E-state index contributed by atoms with van der Waals surface area (Å²) in [6.45, 7) is 2.61. The summed E-state index contributed by atoms with van der Waals surface area (Å²) in [5.74, 6) is 2.91. The van der Waals surface area contributed by atoms with E-state index in [1.165, 1.54) is 0 Å². The van der Waals surface area contributed by atoms with Crippen molar-refractivity contribution in [3.63, 3.8) is 0 Å². The maximum absolute atomic E-state index is 6.48. The van der Waals surface area contributed by atoms with Crippen LogP contribution in [0.15, 0.2) is 66.7 Å². The van der Waals surface area contributed by atoms with Crippen molar-refractivity contribution in [3.05, 3.63) is 88.5 Å². The molecule has 0 fully saturated rings. The molecule has 0 bridgehead atoms. The van der Waals surface area contributed by atoms with Gasteiger partial charge in [0.1, 0.15) is 11.5 Å². The Balaban J connectivity index is 1.57. The van der Waals surface area contributed by atoms with Gasteiger partial charge in [0.25, 0.3) is 0 Å². The second kappa shape index (κ2) is 8.89. The van der Waals surface area contributed by atoms with Gasteiger partial charge in [-0.05, 0) is 73.2 Å². The van der Waals surface area contributed by atoms with E-state index in [0.717, 1.165) is 33.9 Å². The molecule has 2 atom stereocenters. The number of hydrazine groups is 1. The van der Waals surface area contributed by atoms with Gasteiger partial charge in [0, 0.05) is 10.6 Å². The first kappa shape index (κ1) is 21.5. The van der Waals surface area contributed by atoms with Crippen LogP contribution in [-0.4, -0.2) is 25.8 Å². The molecule has 1 N–H and O–H groups in total. The highest BCUT2D eigenvalue weighted by Gasteiger charge is 2.41. The molecule has 0 radical (unpaired) electrons. The Labute approximate surface area is 198 Å². The molecule has 6 nitrogen and oxygen atoms in total. The quantitative estimate of drug-likeness (QED) is 0.501. The Morgan fingerprint density at radius 3 is 2.55 bits per heavy atom. The number of benzene rings is 3. The monoisotopic (exact) mass is 464 g/mol. The number of nitrogens with one attached hydrogen (secondary N) is 1. The third-order valence-electron chi connectivity index (χ3n) is 5.83. The van der Waals surface area contributed by atoms with E-state index in [4.69, 9.17) is 30.5 Å². The molecular weight excluding hydrogens is 440 g/mol. The van der Waals surface area contributed by atoms with Gasteiger partial charge in [0.2, 0.25) is 0 Å². The third kappa shape index (κ3) is 3.86. The van der Waals surface area contributed by atoms with Crippen LogP contribution in [0.3, 0.4) is 0 Å². The molecule has 3 aromatic rings. The number of para-hydroxylation sites is 1. The molecule has 7 heteroatoms. The van der Waals surface area contributed by atoms with Gasteiger partial charge in [-0.15, -0.1) is 0 Å². The van der Waals surface area contributed by atoms with Gasteiger partial charge >= 0.3 is 0 Å². The molecule has 0 saturated heterocycles. The van der Waals surface area contributed by atoms with Crippen molar-refractivity contribution < 1.29 is 18.9 Å². The summed E-state index contributed by atoms with van der Waals surface area (Å²) < 4.78 is 23.3. The van der Waals surface area contributed by atoms with Crippen LogP contribution in [0.1, 0.15) is 35.9 Å². The summed E-state index contributed by atoms with van der Waals surface area (Å²) in [7, 11) is 3.26. The number of hydrogen-bond donors (Lipinski definition) is 1. The van der Waals surface area contributed by atoms with E-state index in [0.29, 0.717) is 23.1 Å². The Hall–Kier alpha value is -3.35. The topological polar surface area (TPSA) is 52.2 Å². The van der Waals surface area contributed by atoms with E-state index in [-0.39, 0.29) is 6.04 Å². The summed E-state index contributed by atoms with van der Waals surface area (Å²) in [4.78, 5) is 0. The third-order valence-corrected chi connectivity index (χ3v) is 6.07. The molecular formula is C26H25ClN2O4. The highest BCUT2D eigenvalue weighted by Crippen LogP contribution is 2.49. The first-order valence-electron chi connectivity index (χ1n) is 10.8. The molecule has 0 spiro atoms. The maximum atomic E-state index is 6.48. The van der Waals surface area contributed by atoms with Crippen LogP contribution in [0, 0.1) is 0 Å². The summed E-state index contributed by atoms with van der Waals surface area (Å²) in [6.07, 6.45) is 1.73. The van der Waals surface area contributed by atoms with E-state index in [1.54, 1.807) is 14.2 Å². The van der Waals surface area contributed by atoms with Crippen LogP contribution in [0.5, 0.6) is 23.0 Å². The summed E-state index contributed by atoms with van der Waals surface area (Å²) in [6, 6.07) is 19.5. The highest BCUT2D eigenvalue weighted by molar-refractivity contribution is 6.30. The van der Waals surface area contributed by atoms with Gasteiger partial charge in [-0.1, -0.05) is 17.7 Å². The predicted molar refractivity (Wildman–Crippen MR) is 128 cm³/mol. The molecule has 2 heterocycles. The molecule has 2 aliphatic rings. The Morgan fingerprint density at radius 1 is 1.00 bits per heavy atom. The zero-order valence-electron chi connectivity index (χ0n) is 18.7. The second-order valence-electron chi connectivity index (χ2n) is 7.74. The number of methoxy groups -OCH3 is 2. The van der Waals surface area contributed by atoms with E-state index in [9.17, 15) is 0 Å². The number of fused-ring (bicyclic) bond motifs is 3. The zero-order chi connectivity index (χ0) is 22.9. The minimum atomic E-state index is -0.454. The first-order chi connectivity index (χ1) is 16.1. The van der Waals surface area contributed by atoms with Gasteiger partial charge in [0.05, 0.1) is 38.1 Å². The van der Waals surface area contributed by atoms with Crippen LogP contribution in [-0.2, 0) is 0 Å². The fourth-order valence-electron chi connectivity index (χ4n) is 4.34. The minimum Gasteiger partial charge on any atom is -0.494 e. The lowest BCUT2D eigenvalue weighted by Gasteiger charge is -2.39. The molecule has 2 aliphatic heterocycles. The van der Waals surface area contributed by atoms with Crippen molar-refractivity contribution in [1.29, 1.82) is 0 Å². The Bertz CT molecular complexity index is 1200. The fraction of sp³-hybridized carbons (Fsp3) is 0.231. The van der Waals surface area contributed by atoms with Crippen LogP contribution >= 0.6 is 11.6 Å². The van der Waals surface area contributed by atoms with E-state index < -0.39 is 6.23 Å². The molecule has 0 aliphatic carbocycles. The van der Waals surface area contributed by atoms with Gasteiger partial charge in [-0.2, -0.15) is 5.01 Å². The van der Waals surface area contributed by atoms with Crippen LogP contribution in [0.25, 0.3) is 5.70 Å². The molecule has 5 rings (SSSR count). The lowest BCUT2D eigenvalue weighted by atomic mass is 10.0. The number of nitrogens with zero attached hydrogens (tertiary/aromatic N) is 1. The summed E-state index contributed by atoms with van der Waals surface area (Å²) in [5, 5.41) is 2.74. The van der Waals surface area contributed by atoms with Crippen molar-refractivity contribution in [3.8, 4) is 23.0 Å². The molecule has 0 aromatic heterocycles. The van der Waals surface area contributed by atoms with E-state index >= 15 is 0 Å². The first-order valence-corrected chi connectivity index (χ1v) is 11.2. The standard InChI is InChI=1S/C26H25ClN2O4/c1-4-32-18-11-8-16(9-12-18)21-15-22-20-14-17(27)10-13-23(20)33-26(29(22)28-21)19-6-5-7-24(30-2)25(19)31-3/h5-15,22,26,28H,4H2,1-3H3. The zero-order valence-corrected chi connectivity index (χ0v) is 19.4. The number of ether oxygens (including phenoxy) is 4. The average Bonchev–Trinajstić information content (AvgIpc) is 3.29. The summed E-state index contributed by atoms with van der Waals surface area (Å²) >= 11 is 6.34. The van der Waals surface area contributed by atoms with Crippen molar-refractivity contribution in [2.45, 2.75) is 19.2 Å². The van der Waals surface area contributed by atoms with Crippen LogP contribution in [0.4, 0.5) is 0 Å². The summed E-state index contributed by atoms with van der Waals surface area (Å²) in [5.41, 5.74) is 7.43. The van der Waals surface area contributed by atoms with Gasteiger partial charge < -0.3 is 24.4 Å². The van der Waals surface area contributed by atoms with Crippen molar-refractivity contribution >= 4 is 17.3 Å². The Kier molecular flexibility index (Phi) is 5.79. The molecule has 2 unspecified atom stereocenters. The van der Waals surface area contributed by atoms with Crippen molar-refractivity contribution in [2.75, 3.05) is 20.8 Å². The molecule has 0 amide bonds. The molecule has 0 saturated carbocycles. The number of rotatable bonds is 6. The maximum Gasteiger partial charge on any atom is 0.199 e. The van der Waals surface area contributed by atoms with Crippen LogP contribution in [0.2, 0.25) is 5.02 Å².